The molecule has 0 aliphatic rings. The van der Waals surface area contributed by atoms with Crippen molar-refractivity contribution in [3.05, 3.63) is 65.3 Å². The smallest absolute Gasteiger partial charge is 0.235 e. The van der Waals surface area contributed by atoms with Crippen LogP contribution in [0.15, 0.2) is 55.2 Å². The molecule has 0 saturated heterocycles. The Morgan fingerprint density at radius 2 is 1.97 bits per heavy atom. The number of amides is 1. The van der Waals surface area contributed by atoms with Gasteiger partial charge in [-0.05, 0) is 24.3 Å². The molecule has 1 amide bonds. The molecule has 0 saturated carbocycles. The number of hydrogen-bond donors (Lipinski definition) is 2. The predicted molar refractivity (Wildman–Crippen MR) is 134 cm³/mol. The minimum absolute atomic E-state index is 0.239. The Hall–Kier alpha value is -3.41. The first-order valence-corrected chi connectivity index (χ1v) is 13.1. The third kappa shape index (κ3) is 6.59. The zero-order chi connectivity index (χ0) is 25.0. The van der Waals surface area contributed by atoms with Gasteiger partial charge in [-0.1, -0.05) is 23.2 Å². The molecule has 10 nitrogen and oxygen atoms in total. The Morgan fingerprint density at radius 1 is 1.14 bits per heavy atom. The molecular formula is C22H20Cl2N6O4S. The number of pyridine rings is 1. The van der Waals surface area contributed by atoms with E-state index in [9.17, 15) is 13.2 Å². The van der Waals surface area contributed by atoms with Crippen LogP contribution < -0.4 is 15.4 Å². The summed E-state index contributed by atoms with van der Waals surface area (Å²) in [4.78, 5) is 24.4. The standard InChI is InChI=1S/C22H20Cl2N6O4S/c1-35(32,33)12-20(31)26-5-7-30-6-4-18-21(30)22(28-13-27-18)29-15-2-3-19(17(24)9-15)34-16-8-14(23)10-25-11-16/h2-4,6,8-11,13H,5,7,12H2,1H3,(H,26,31)(H,27,28,29). The summed E-state index contributed by atoms with van der Waals surface area (Å²) >= 11 is 12.4. The van der Waals surface area contributed by atoms with E-state index >= 15 is 0 Å². The first-order valence-electron chi connectivity index (χ1n) is 10.3. The summed E-state index contributed by atoms with van der Waals surface area (Å²) < 4.78 is 30.1. The van der Waals surface area contributed by atoms with Crippen molar-refractivity contribution in [3.63, 3.8) is 0 Å². The van der Waals surface area contributed by atoms with Crippen molar-refractivity contribution in [2.75, 3.05) is 23.9 Å². The fourth-order valence-corrected chi connectivity index (χ4v) is 4.25. The van der Waals surface area contributed by atoms with Gasteiger partial charge in [0.25, 0.3) is 0 Å². The monoisotopic (exact) mass is 534 g/mol. The fourth-order valence-electron chi connectivity index (χ4n) is 3.29. The van der Waals surface area contributed by atoms with E-state index in [-0.39, 0.29) is 6.54 Å². The van der Waals surface area contributed by atoms with Crippen molar-refractivity contribution in [2.45, 2.75) is 6.54 Å². The molecule has 13 heteroatoms. The lowest BCUT2D eigenvalue weighted by atomic mass is 10.3. The molecule has 2 N–H and O–H groups in total. The van der Waals surface area contributed by atoms with Gasteiger partial charge in [0.05, 0.1) is 21.8 Å². The number of aromatic nitrogens is 4. The third-order valence-electron chi connectivity index (χ3n) is 4.72. The Kier molecular flexibility index (Phi) is 7.39. The Morgan fingerprint density at radius 3 is 2.71 bits per heavy atom. The molecule has 0 aliphatic carbocycles. The van der Waals surface area contributed by atoms with Crippen LogP contribution in [0.3, 0.4) is 0 Å². The minimum atomic E-state index is -3.39. The molecule has 0 radical (unpaired) electrons. The van der Waals surface area contributed by atoms with Crippen molar-refractivity contribution < 1.29 is 17.9 Å². The van der Waals surface area contributed by atoms with E-state index in [1.807, 2.05) is 16.8 Å². The lowest BCUT2D eigenvalue weighted by Crippen LogP contribution is -2.32. The van der Waals surface area contributed by atoms with Gasteiger partial charge < -0.3 is 19.9 Å². The van der Waals surface area contributed by atoms with Gasteiger partial charge >= 0.3 is 0 Å². The zero-order valence-corrected chi connectivity index (χ0v) is 20.7. The number of nitrogens with one attached hydrogen (secondary N) is 2. The van der Waals surface area contributed by atoms with Crippen LogP contribution in [0, 0.1) is 0 Å². The molecule has 0 bridgehead atoms. The maximum atomic E-state index is 11.8. The second-order valence-electron chi connectivity index (χ2n) is 7.60. The number of anilines is 2. The van der Waals surface area contributed by atoms with E-state index < -0.39 is 21.5 Å². The van der Waals surface area contributed by atoms with E-state index in [0.717, 1.165) is 6.26 Å². The first-order chi connectivity index (χ1) is 16.7. The number of sulfone groups is 1. The summed E-state index contributed by atoms with van der Waals surface area (Å²) in [6.45, 7) is 0.630. The summed E-state index contributed by atoms with van der Waals surface area (Å²) in [5.74, 6) is 0.320. The molecule has 3 heterocycles. The number of carbonyl (C=O) groups excluding carboxylic acids is 1. The average molecular weight is 535 g/mol. The zero-order valence-electron chi connectivity index (χ0n) is 18.4. The number of ether oxygens (including phenoxy) is 1. The number of halogens is 2. The number of benzene rings is 1. The van der Waals surface area contributed by atoms with Crippen molar-refractivity contribution in [2.24, 2.45) is 0 Å². The van der Waals surface area contributed by atoms with E-state index in [1.165, 1.54) is 18.7 Å². The summed E-state index contributed by atoms with van der Waals surface area (Å²) in [7, 11) is -3.39. The number of fused-ring (bicyclic) bond motifs is 1. The number of nitrogens with zero attached hydrogens (tertiary/aromatic N) is 4. The van der Waals surface area contributed by atoms with Crippen LogP contribution in [0.1, 0.15) is 0 Å². The maximum Gasteiger partial charge on any atom is 0.235 e. The van der Waals surface area contributed by atoms with Gasteiger partial charge in [-0.25, -0.2) is 18.4 Å². The quantitative estimate of drug-likeness (QED) is 0.331. The molecule has 0 spiro atoms. The molecule has 35 heavy (non-hydrogen) atoms. The van der Waals surface area contributed by atoms with Gasteiger partial charge in [0.15, 0.2) is 15.7 Å². The van der Waals surface area contributed by atoms with Crippen LogP contribution in [0.25, 0.3) is 11.0 Å². The van der Waals surface area contributed by atoms with Crippen LogP contribution in [0.4, 0.5) is 11.5 Å². The van der Waals surface area contributed by atoms with Crippen LogP contribution in [0.5, 0.6) is 11.5 Å². The Balaban J connectivity index is 1.49. The van der Waals surface area contributed by atoms with Crippen LogP contribution in [0.2, 0.25) is 10.0 Å². The first kappa shape index (κ1) is 24.7. The average Bonchev–Trinajstić information content (AvgIpc) is 3.19. The SMILES string of the molecule is CS(=O)(=O)CC(=O)NCCn1ccc2ncnc(Nc3ccc(Oc4cncc(Cl)c4)c(Cl)c3)c21. The van der Waals surface area contributed by atoms with Gasteiger partial charge in [0.1, 0.15) is 29.1 Å². The summed E-state index contributed by atoms with van der Waals surface area (Å²) in [5.41, 5.74) is 2.08. The van der Waals surface area contributed by atoms with E-state index in [4.69, 9.17) is 27.9 Å². The van der Waals surface area contributed by atoms with Crippen molar-refractivity contribution in [3.8, 4) is 11.5 Å². The summed E-state index contributed by atoms with van der Waals surface area (Å²) in [6, 6.07) is 8.64. The summed E-state index contributed by atoms with van der Waals surface area (Å²) in [5, 5.41) is 6.65. The molecule has 0 fully saturated rings. The highest BCUT2D eigenvalue weighted by molar-refractivity contribution is 7.91. The third-order valence-corrected chi connectivity index (χ3v) is 6.01. The Labute approximate surface area is 211 Å². The number of carbonyl (C=O) groups is 1. The van der Waals surface area contributed by atoms with Gasteiger partial charge in [-0.15, -0.1) is 0 Å². The van der Waals surface area contributed by atoms with Gasteiger partial charge in [0, 0.05) is 43.5 Å². The van der Waals surface area contributed by atoms with Crippen molar-refractivity contribution >= 4 is 61.5 Å². The predicted octanol–water partition coefficient (Wildman–Crippen LogP) is 3.83. The molecular weight excluding hydrogens is 515 g/mol. The van der Waals surface area contributed by atoms with E-state index in [1.54, 1.807) is 24.3 Å². The van der Waals surface area contributed by atoms with Crippen LogP contribution >= 0.6 is 23.2 Å². The van der Waals surface area contributed by atoms with Crippen LogP contribution in [-0.2, 0) is 21.2 Å². The minimum Gasteiger partial charge on any atom is -0.454 e. The fraction of sp³-hybridized carbons (Fsp3) is 0.182. The van der Waals surface area contributed by atoms with E-state index in [2.05, 4.69) is 25.6 Å². The molecule has 1 aromatic carbocycles. The lowest BCUT2D eigenvalue weighted by molar-refractivity contribution is -0.118. The highest BCUT2D eigenvalue weighted by Crippen LogP contribution is 2.33. The molecule has 0 unspecified atom stereocenters. The topological polar surface area (TPSA) is 128 Å². The molecule has 4 aromatic rings. The molecule has 182 valence electrons. The molecule has 3 aromatic heterocycles. The van der Waals surface area contributed by atoms with E-state index in [0.29, 0.717) is 50.6 Å². The second kappa shape index (κ2) is 10.5. The number of hydrogen-bond acceptors (Lipinski definition) is 8. The van der Waals surface area contributed by atoms with Gasteiger partial charge in [-0.2, -0.15) is 0 Å². The maximum absolute atomic E-state index is 11.8. The van der Waals surface area contributed by atoms with Crippen LogP contribution in [-0.4, -0.2) is 52.4 Å². The largest absolute Gasteiger partial charge is 0.454 e. The lowest BCUT2D eigenvalue weighted by Gasteiger charge is -2.13. The van der Waals surface area contributed by atoms with Crippen molar-refractivity contribution in [1.82, 2.24) is 24.8 Å². The number of rotatable bonds is 9. The molecule has 0 atom stereocenters. The normalized spacial score (nSPS) is 11.4. The van der Waals surface area contributed by atoms with Crippen molar-refractivity contribution in [1.29, 1.82) is 0 Å². The molecule has 4 rings (SSSR count). The van der Waals surface area contributed by atoms with Gasteiger partial charge in [0.2, 0.25) is 5.91 Å². The second-order valence-corrected chi connectivity index (χ2v) is 10.6. The Bertz CT molecular complexity index is 1490. The highest BCUT2D eigenvalue weighted by Gasteiger charge is 2.13. The van der Waals surface area contributed by atoms with Gasteiger partial charge in [-0.3, -0.25) is 9.78 Å². The summed E-state index contributed by atoms with van der Waals surface area (Å²) in [6.07, 6.45) is 7.31. The highest BCUT2D eigenvalue weighted by atomic mass is 35.5. The molecule has 0 aliphatic heterocycles.